The number of guanidine groups is 1. The SMILES string of the molecule is CCNC(=NCc1csc(N(C)C)n1)NC1CCN(S(=O)(=O)C(F)(F)F)CC1.I. The minimum absolute atomic E-state index is 0. The summed E-state index contributed by atoms with van der Waals surface area (Å²) < 4.78 is 61.4. The summed E-state index contributed by atoms with van der Waals surface area (Å²) in [6.45, 7) is 2.52. The van der Waals surface area contributed by atoms with Gasteiger partial charge in [-0.25, -0.2) is 18.4 Å². The Morgan fingerprint density at radius 1 is 1.38 bits per heavy atom. The summed E-state index contributed by atoms with van der Waals surface area (Å²) >= 11 is 1.51. The van der Waals surface area contributed by atoms with Crippen LogP contribution in [-0.2, 0) is 16.6 Å². The van der Waals surface area contributed by atoms with Crippen molar-refractivity contribution in [3.8, 4) is 0 Å². The predicted octanol–water partition coefficient (Wildman–Crippen LogP) is 2.20. The van der Waals surface area contributed by atoms with E-state index in [9.17, 15) is 21.6 Å². The second-order valence-electron chi connectivity index (χ2n) is 6.48. The lowest BCUT2D eigenvalue weighted by Gasteiger charge is -2.32. The molecule has 0 unspecified atom stereocenters. The molecule has 1 saturated heterocycles. The van der Waals surface area contributed by atoms with Crippen LogP contribution >= 0.6 is 35.3 Å². The number of piperidine rings is 1. The third-order valence-electron chi connectivity index (χ3n) is 4.09. The molecule has 0 bridgehead atoms. The number of thiazole rings is 1. The molecule has 0 spiro atoms. The van der Waals surface area contributed by atoms with Crippen LogP contribution in [0.3, 0.4) is 0 Å². The predicted molar refractivity (Wildman–Crippen MR) is 119 cm³/mol. The van der Waals surface area contributed by atoms with Gasteiger partial charge in [-0.1, -0.05) is 0 Å². The van der Waals surface area contributed by atoms with E-state index < -0.39 is 15.5 Å². The Balaban J connectivity index is 0.00000420. The maximum absolute atomic E-state index is 12.7. The number of halogens is 4. The van der Waals surface area contributed by atoms with E-state index in [-0.39, 0.29) is 55.9 Å². The quantitative estimate of drug-likeness (QED) is 0.310. The van der Waals surface area contributed by atoms with Gasteiger partial charge in [0, 0.05) is 45.2 Å². The zero-order valence-electron chi connectivity index (χ0n) is 16.4. The molecule has 0 radical (unpaired) electrons. The number of nitrogens with zero attached hydrogens (tertiary/aromatic N) is 4. The first-order valence-electron chi connectivity index (χ1n) is 8.77. The zero-order chi connectivity index (χ0) is 20.9. The van der Waals surface area contributed by atoms with Gasteiger partial charge < -0.3 is 15.5 Å². The van der Waals surface area contributed by atoms with E-state index in [0.717, 1.165) is 10.8 Å². The summed E-state index contributed by atoms with van der Waals surface area (Å²) in [5, 5.41) is 9.05. The Bertz CT molecular complexity index is 777. The Morgan fingerprint density at radius 3 is 2.48 bits per heavy atom. The number of anilines is 1. The molecule has 0 aliphatic carbocycles. The van der Waals surface area contributed by atoms with Crippen molar-refractivity contribution < 1.29 is 21.6 Å². The van der Waals surface area contributed by atoms with Crippen LogP contribution in [0.25, 0.3) is 0 Å². The van der Waals surface area contributed by atoms with E-state index in [1.165, 1.54) is 11.3 Å². The van der Waals surface area contributed by atoms with Gasteiger partial charge in [0.15, 0.2) is 11.1 Å². The summed E-state index contributed by atoms with van der Waals surface area (Å²) in [6, 6.07) is -0.162. The molecule has 1 aromatic heterocycles. The number of aliphatic imine (C=N–C) groups is 1. The highest BCUT2D eigenvalue weighted by molar-refractivity contribution is 14.0. The molecule has 0 amide bonds. The van der Waals surface area contributed by atoms with Gasteiger partial charge in [0.25, 0.3) is 0 Å². The third-order valence-corrected chi connectivity index (χ3v) is 6.78. The zero-order valence-corrected chi connectivity index (χ0v) is 20.3. The van der Waals surface area contributed by atoms with Gasteiger partial charge in [-0.15, -0.1) is 35.3 Å². The number of sulfonamides is 1. The number of hydrogen-bond acceptors (Lipinski definition) is 6. The minimum Gasteiger partial charge on any atom is -0.357 e. The maximum Gasteiger partial charge on any atom is 0.511 e. The van der Waals surface area contributed by atoms with Crippen LogP contribution in [0.2, 0.25) is 0 Å². The molecule has 14 heteroatoms. The van der Waals surface area contributed by atoms with E-state index in [2.05, 4.69) is 20.6 Å². The fourth-order valence-corrected chi connectivity index (χ4v) is 4.37. The Hall–Kier alpha value is -0.870. The average molecular weight is 570 g/mol. The van der Waals surface area contributed by atoms with Crippen LogP contribution in [0.4, 0.5) is 18.3 Å². The topological polar surface area (TPSA) is 89.9 Å². The average Bonchev–Trinajstić information content (AvgIpc) is 3.09. The molecule has 2 heterocycles. The van der Waals surface area contributed by atoms with Gasteiger partial charge in [0.2, 0.25) is 0 Å². The summed E-state index contributed by atoms with van der Waals surface area (Å²) in [4.78, 5) is 10.8. The summed E-state index contributed by atoms with van der Waals surface area (Å²) in [5.41, 5.74) is -4.44. The van der Waals surface area contributed by atoms with Crippen LogP contribution in [0, 0.1) is 0 Å². The van der Waals surface area contributed by atoms with E-state index in [1.54, 1.807) is 0 Å². The van der Waals surface area contributed by atoms with Crippen molar-refractivity contribution in [1.29, 1.82) is 0 Å². The van der Waals surface area contributed by atoms with Crippen molar-refractivity contribution in [1.82, 2.24) is 19.9 Å². The summed E-state index contributed by atoms with van der Waals surface area (Å²) in [6.07, 6.45) is 0.530. The minimum atomic E-state index is -5.26. The normalized spacial score (nSPS) is 17.0. The highest BCUT2D eigenvalue weighted by atomic mass is 127. The molecule has 1 fully saturated rings. The lowest BCUT2D eigenvalue weighted by molar-refractivity contribution is -0.0494. The molecule has 2 rings (SSSR count). The Kier molecular flexibility index (Phi) is 9.88. The molecule has 1 aromatic rings. The monoisotopic (exact) mass is 570 g/mol. The first-order chi connectivity index (χ1) is 13.0. The molecule has 1 aliphatic heterocycles. The van der Waals surface area contributed by atoms with Crippen LogP contribution in [-0.4, -0.2) is 68.9 Å². The van der Waals surface area contributed by atoms with Crippen molar-refractivity contribution >= 4 is 56.4 Å². The highest BCUT2D eigenvalue weighted by Crippen LogP contribution is 2.29. The first-order valence-corrected chi connectivity index (χ1v) is 11.1. The van der Waals surface area contributed by atoms with Crippen molar-refractivity contribution in [2.24, 2.45) is 4.99 Å². The number of alkyl halides is 3. The van der Waals surface area contributed by atoms with Crippen LogP contribution in [0.5, 0.6) is 0 Å². The summed E-state index contributed by atoms with van der Waals surface area (Å²) in [5.74, 6) is 0.527. The first kappa shape index (κ1) is 26.2. The van der Waals surface area contributed by atoms with E-state index in [4.69, 9.17) is 0 Å². The maximum atomic E-state index is 12.7. The van der Waals surface area contributed by atoms with Gasteiger partial charge >= 0.3 is 15.5 Å². The molecule has 0 aromatic carbocycles. The number of hydrogen-bond donors (Lipinski definition) is 2. The second kappa shape index (κ2) is 10.9. The molecule has 8 nitrogen and oxygen atoms in total. The number of aromatic nitrogens is 1. The standard InChI is InChI=1S/C15H25F3N6O2S2.HI/c1-4-19-13(20-9-12-10-27-14(22-12)23(2)3)21-11-5-7-24(8-6-11)28(25,26)15(16,17)18;/h10-11H,4-9H2,1-3H3,(H2,19,20,21);1H. The molecular formula is C15H26F3IN6O2S2. The second-order valence-corrected chi connectivity index (χ2v) is 9.25. The van der Waals surface area contributed by atoms with Crippen molar-refractivity contribution in [3.63, 3.8) is 0 Å². The lowest BCUT2D eigenvalue weighted by Crippen LogP contribution is -2.51. The molecule has 168 valence electrons. The number of nitrogens with one attached hydrogen (secondary N) is 2. The summed E-state index contributed by atoms with van der Waals surface area (Å²) in [7, 11) is -1.45. The fourth-order valence-electron chi connectivity index (χ4n) is 2.63. The molecule has 1 aliphatic rings. The molecule has 29 heavy (non-hydrogen) atoms. The molecule has 0 atom stereocenters. The Labute approximate surface area is 190 Å². The molecule has 2 N–H and O–H groups in total. The van der Waals surface area contributed by atoms with Crippen molar-refractivity contribution in [3.05, 3.63) is 11.1 Å². The lowest BCUT2D eigenvalue weighted by atomic mass is 10.1. The van der Waals surface area contributed by atoms with Gasteiger partial charge in [-0.3, -0.25) is 0 Å². The Morgan fingerprint density at radius 2 is 2.00 bits per heavy atom. The van der Waals surface area contributed by atoms with Crippen molar-refractivity contribution in [2.45, 2.75) is 37.9 Å². The van der Waals surface area contributed by atoms with Crippen molar-refractivity contribution in [2.75, 3.05) is 38.6 Å². The van der Waals surface area contributed by atoms with Gasteiger partial charge in [0.05, 0.1) is 12.2 Å². The molecule has 0 saturated carbocycles. The third kappa shape index (κ3) is 7.10. The van der Waals surface area contributed by atoms with Gasteiger partial charge in [-0.2, -0.15) is 17.5 Å². The largest absolute Gasteiger partial charge is 0.511 e. The highest BCUT2D eigenvalue weighted by Gasteiger charge is 2.50. The van der Waals surface area contributed by atoms with E-state index in [0.29, 0.717) is 23.4 Å². The fraction of sp³-hybridized carbons (Fsp3) is 0.733. The van der Waals surface area contributed by atoms with Crippen LogP contribution in [0.15, 0.2) is 10.4 Å². The number of rotatable bonds is 6. The van der Waals surface area contributed by atoms with E-state index in [1.807, 2.05) is 31.3 Å². The smallest absolute Gasteiger partial charge is 0.357 e. The van der Waals surface area contributed by atoms with Gasteiger partial charge in [0.1, 0.15) is 0 Å². The van der Waals surface area contributed by atoms with Crippen LogP contribution < -0.4 is 15.5 Å². The van der Waals surface area contributed by atoms with Crippen LogP contribution in [0.1, 0.15) is 25.5 Å². The van der Waals surface area contributed by atoms with Gasteiger partial charge in [-0.05, 0) is 19.8 Å². The molecular weight excluding hydrogens is 544 g/mol. The van der Waals surface area contributed by atoms with E-state index >= 15 is 0 Å².